The maximum Gasteiger partial charge on any atom is 0.220 e. The average molecular weight is 320 g/mol. The third-order valence-electron chi connectivity index (χ3n) is 3.18. The lowest BCUT2D eigenvalue weighted by molar-refractivity contribution is -0.121. The molecule has 122 valence electrons. The molecule has 0 fully saturated rings. The molecule has 1 aromatic carbocycles. The van der Waals surface area contributed by atoms with Crippen LogP contribution in [0.4, 0.5) is 8.78 Å². The molecule has 2 rings (SSSR count). The van der Waals surface area contributed by atoms with Gasteiger partial charge in [-0.05, 0) is 43.2 Å². The summed E-state index contributed by atoms with van der Waals surface area (Å²) in [6.07, 6.45) is 3.59. The summed E-state index contributed by atoms with van der Waals surface area (Å²) in [5, 5.41) is 2.75. The van der Waals surface area contributed by atoms with Crippen LogP contribution in [0.1, 0.15) is 18.9 Å². The van der Waals surface area contributed by atoms with Crippen LogP contribution in [0.25, 0.3) is 0 Å². The van der Waals surface area contributed by atoms with Gasteiger partial charge in [-0.1, -0.05) is 6.07 Å². The van der Waals surface area contributed by atoms with Gasteiger partial charge in [-0.25, -0.2) is 8.78 Å². The topological polar surface area (TPSA) is 51.2 Å². The lowest BCUT2D eigenvalue weighted by Gasteiger charge is -2.15. The van der Waals surface area contributed by atoms with Gasteiger partial charge in [0.2, 0.25) is 5.91 Å². The summed E-state index contributed by atoms with van der Waals surface area (Å²) in [4.78, 5) is 15.7. The van der Waals surface area contributed by atoms with E-state index in [4.69, 9.17) is 4.74 Å². The smallest absolute Gasteiger partial charge is 0.220 e. The number of carbonyl (C=O) groups excluding carboxylic acids is 1. The number of nitrogens with one attached hydrogen (secondary N) is 1. The number of rotatable bonds is 7. The Labute approximate surface area is 133 Å². The van der Waals surface area contributed by atoms with Crippen LogP contribution in [0, 0.1) is 11.6 Å². The Bertz CT molecular complexity index is 650. The van der Waals surface area contributed by atoms with E-state index >= 15 is 0 Å². The largest absolute Gasteiger partial charge is 0.487 e. The van der Waals surface area contributed by atoms with Crippen molar-refractivity contribution in [3.63, 3.8) is 0 Å². The van der Waals surface area contributed by atoms with Crippen LogP contribution in [0.3, 0.4) is 0 Å². The summed E-state index contributed by atoms with van der Waals surface area (Å²) in [5.74, 6) is -1.33. The van der Waals surface area contributed by atoms with Gasteiger partial charge in [0.05, 0.1) is 12.7 Å². The first-order valence-corrected chi connectivity index (χ1v) is 7.32. The fourth-order valence-corrected chi connectivity index (χ4v) is 1.99. The zero-order valence-corrected chi connectivity index (χ0v) is 12.8. The molecule has 4 nitrogen and oxygen atoms in total. The Morgan fingerprint density at radius 3 is 2.83 bits per heavy atom. The highest BCUT2D eigenvalue weighted by Crippen LogP contribution is 2.11. The summed E-state index contributed by atoms with van der Waals surface area (Å²) in [6, 6.07) is 7.19. The van der Waals surface area contributed by atoms with Gasteiger partial charge in [0.1, 0.15) is 11.9 Å². The van der Waals surface area contributed by atoms with E-state index in [0.717, 1.165) is 12.1 Å². The molecule has 0 unspecified atom stereocenters. The first-order valence-electron chi connectivity index (χ1n) is 7.32. The standard InChI is InChI=1S/C17H18F2N2O2/c1-12(23-14-3-2-8-20-11-14)10-21-17(22)7-5-13-4-6-15(18)16(19)9-13/h2-4,6,8-9,11-12H,5,7,10H2,1H3,(H,21,22)/t12-/m0/s1. The van der Waals surface area contributed by atoms with E-state index < -0.39 is 11.6 Å². The highest BCUT2D eigenvalue weighted by molar-refractivity contribution is 5.76. The second-order valence-electron chi connectivity index (χ2n) is 5.17. The molecule has 2 aromatic rings. The summed E-state index contributed by atoms with van der Waals surface area (Å²) in [5.41, 5.74) is 0.582. The first-order chi connectivity index (χ1) is 11.0. The van der Waals surface area contributed by atoms with E-state index in [1.807, 2.05) is 6.92 Å². The molecule has 6 heteroatoms. The van der Waals surface area contributed by atoms with Crippen molar-refractivity contribution in [3.05, 3.63) is 59.9 Å². The normalized spacial score (nSPS) is 11.8. The van der Waals surface area contributed by atoms with Gasteiger partial charge in [-0.3, -0.25) is 9.78 Å². The molecule has 1 aromatic heterocycles. The predicted molar refractivity (Wildman–Crippen MR) is 82.0 cm³/mol. The molecule has 1 amide bonds. The third kappa shape index (κ3) is 5.65. The van der Waals surface area contributed by atoms with Crippen LogP contribution in [0.15, 0.2) is 42.7 Å². The summed E-state index contributed by atoms with van der Waals surface area (Å²) >= 11 is 0. The Morgan fingerprint density at radius 1 is 1.30 bits per heavy atom. The van der Waals surface area contributed by atoms with Gasteiger partial charge in [0.25, 0.3) is 0 Å². The number of halogens is 2. The fraction of sp³-hybridized carbons (Fsp3) is 0.294. The molecule has 0 saturated heterocycles. The highest BCUT2D eigenvalue weighted by Gasteiger charge is 2.08. The monoisotopic (exact) mass is 320 g/mol. The van der Waals surface area contributed by atoms with Crippen LogP contribution < -0.4 is 10.1 Å². The summed E-state index contributed by atoms with van der Waals surface area (Å²) < 4.78 is 31.5. The number of carbonyl (C=O) groups is 1. The van der Waals surface area contributed by atoms with Crippen molar-refractivity contribution in [1.29, 1.82) is 0 Å². The minimum absolute atomic E-state index is 0.170. The van der Waals surface area contributed by atoms with Gasteiger partial charge < -0.3 is 10.1 Å². The zero-order chi connectivity index (χ0) is 16.7. The van der Waals surface area contributed by atoms with Crippen molar-refractivity contribution < 1.29 is 18.3 Å². The van der Waals surface area contributed by atoms with Crippen LogP contribution in [0.5, 0.6) is 5.75 Å². The van der Waals surface area contributed by atoms with Gasteiger partial charge in [-0.2, -0.15) is 0 Å². The number of pyridine rings is 1. The Hall–Kier alpha value is -2.50. The third-order valence-corrected chi connectivity index (χ3v) is 3.18. The molecule has 0 bridgehead atoms. The molecule has 23 heavy (non-hydrogen) atoms. The van der Waals surface area contributed by atoms with E-state index in [1.54, 1.807) is 24.5 Å². The van der Waals surface area contributed by atoms with Gasteiger partial charge in [0, 0.05) is 12.6 Å². The molecule has 0 aliphatic heterocycles. The number of hydrogen-bond acceptors (Lipinski definition) is 3. The number of amides is 1. The minimum Gasteiger partial charge on any atom is -0.487 e. The quantitative estimate of drug-likeness (QED) is 0.853. The van der Waals surface area contributed by atoms with Crippen molar-refractivity contribution in [2.45, 2.75) is 25.9 Å². The SMILES string of the molecule is C[C@@H](CNC(=O)CCc1ccc(F)c(F)c1)Oc1cccnc1. The molecular weight excluding hydrogens is 302 g/mol. The molecule has 0 aliphatic carbocycles. The van der Waals surface area contributed by atoms with Gasteiger partial charge in [-0.15, -0.1) is 0 Å². The summed E-state index contributed by atoms with van der Waals surface area (Å²) in [7, 11) is 0. The van der Waals surface area contributed by atoms with E-state index in [2.05, 4.69) is 10.3 Å². The molecule has 0 saturated carbocycles. The van der Waals surface area contributed by atoms with E-state index in [1.165, 1.54) is 6.07 Å². The number of hydrogen-bond donors (Lipinski definition) is 1. The zero-order valence-electron chi connectivity index (χ0n) is 12.8. The average Bonchev–Trinajstić information content (AvgIpc) is 2.55. The van der Waals surface area contributed by atoms with Gasteiger partial charge in [0.15, 0.2) is 11.6 Å². The van der Waals surface area contributed by atoms with Crippen LogP contribution in [-0.2, 0) is 11.2 Å². The van der Waals surface area contributed by atoms with Crippen molar-refractivity contribution in [2.24, 2.45) is 0 Å². The number of benzene rings is 1. The minimum atomic E-state index is -0.901. The van der Waals surface area contributed by atoms with Crippen molar-refractivity contribution in [3.8, 4) is 5.75 Å². The van der Waals surface area contributed by atoms with Crippen molar-refractivity contribution in [1.82, 2.24) is 10.3 Å². The molecule has 0 radical (unpaired) electrons. The molecule has 1 atom stereocenters. The van der Waals surface area contributed by atoms with E-state index in [-0.39, 0.29) is 18.4 Å². The van der Waals surface area contributed by atoms with Crippen LogP contribution >= 0.6 is 0 Å². The number of aromatic nitrogens is 1. The van der Waals surface area contributed by atoms with E-state index in [9.17, 15) is 13.6 Å². The number of ether oxygens (including phenoxy) is 1. The molecule has 1 heterocycles. The number of nitrogens with zero attached hydrogens (tertiary/aromatic N) is 1. The fourth-order valence-electron chi connectivity index (χ4n) is 1.99. The Morgan fingerprint density at radius 2 is 2.13 bits per heavy atom. The lowest BCUT2D eigenvalue weighted by Crippen LogP contribution is -2.33. The molecule has 1 N–H and O–H groups in total. The second-order valence-corrected chi connectivity index (χ2v) is 5.17. The van der Waals surface area contributed by atoms with Gasteiger partial charge >= 0.3 is 0 Å². The Balaban J connectivity index is 1.71. The second kappa shape index (κ2) is 8.22. The predicted octanol–water partition coefficient (Wildman–Crippen LogP) is 2.88. The van der Waals surface area contributed by atoms with Crippen LogP contribution in [-0.4, -0.2) is 23.5 Å². The highest BCUT2D eigenvalue weighted by atomic mass is 19.2. The van der Waals surface area contributed by atoms with Crippen LogP contribution in [0.2, 0.25) is 0 Å². The van der Waals surface area contributed by atoms with E-state index in [0.29, 0.717) is 24.3 Å². The molecular formula is C17H18F2N2O2. The maximum atomic E-state index is 13.1. The molecule has 0 aliphatic rings. The number of aryl methyl sites for hydroxylation is 1. The summed E-state index contributed by atoms with van der Waals surface area (Å²) in [6.45, 7) is 2.19. The van der Waals surface area contributed by atoms with Crippen molar-refractivity contribution >= 4 is 5.91 Å². The first kappa shape index (κ1) is 16.9. The lowest BCUT2D eigenvalue weighted by atomic mass is 10.1. The Kier molecular flexibility index (Phi) is 6.02. The molecule has 0 spiro atoms. The maximum absolute atomic E-state index is 13.1. The van der Waals surface area contributed by atoms with Crippen molar-refractivity contribution in [2.75, 3.05) is 6.54 Å².